The summed E-state index contributed by atoms with van der Waals surface area (Å²) in [6.07, 6.45) is 4.60. The minimum absolute atomic E-state index is 0.736. The minimum Gasteiger partial charge on any atom is -0.381 e. The summed E-state index contributed by atoms with van der Waals surface area (Å²) < 4.78 is 5.43. The Hall–Kier alpha value is -0.520. The Balaban J connectivity index is 1.64. The monoisotopic (exact) mass is 241 g/mol. The fourth-order valence-electron chi connectivity index (χ4n) is 1.39. The van der Waals surface area contributed by atoms with Crippen LogP contribution < -0.4 is 5.32 Å². The molecular weight excluding hydrogens is 222 g/mol. The highest BCUT2D eigenvalue weighted by atomic mass is 32.1. The molecule has 1 aromatic heterocycles. The maximum Gasteiger partial charge on any atom is 0.131 e. The van der Waals surface area contributed by atoms with Crippen LogP contribution in [0.2, 0.25) is 0 Å². The molecule has 0 bridgehead atoms. The van der Waals surface area contributed by atoms with Crippen molar-refractivity contribution in [3.8, 4) is 0 Å². The van der Waals surface area contributed by atoms with E-state index in [1.807, 2.05) is 0 Å². The quantitative estimate of drug-likeness (QED) is 0.705. The van der Waals surface area contributed by atoms with Gasteiger partial charge in [0.05, 0.1) is 6.61 Å². The molecule has 16 heavy (non-hydrogen) atoms. The first-order valence-electron chi connectivity index (χ1n) is 6.01. The largest absolute Gasteiger partial charge is 0.381 e. The maximum absolute atomic E-state index is 5.43. The Morgan fingerprint density at radius 1 is 1.31 bits per heavy atom. The van der Waals surface area contributed by atoms with Crippen LogP contribution in [0.1, 0.15) is 36.2 Å². The lowest BCUT2D eigenvalue weighted by Crippen LogP contribution is -2.14. The van der Waals surface area contributed by atoms with Gasteiger partial charge in [-0.05, 0) is 19.3 Å². The first-order chi connectivity index (χ1) is 7.88. The van der Waals surface area contributed by atoms with E-state index in [0.29, 0.717) is 0 Å². The molecule has 4 nitrogen and oxygen atoms in total. The highest BCUT2D eigenvalue weighted by Gasteiger charge is 2.20. The van der Waals surface area contributed by atoms with Gasteiger partial charge in [-0.2, -0.15) is 0 Å². The van der Waals surface area contributed by atoms with Gasteiger partial charge in [0.2, 0.25) is 0 Å². The molecule has 0 amide bonds. The second-order valence-corrected chi connectivity index (χ2v) is 5.25. The van der Waals surface area contributed by atoms with Crippen molar-refractivity contribution in [3.63, 3.8) is 0 Å². The van der Waals surface area contributed by atoms with E-state index in [4.69, 9.17) is 4.74 Å². The number of aromatic nitrogens is 2. The molecule has 0 saturated heterocycles. The summed E-state index contributed by atoms with van der Waals surface area (Å²) in [6, 6.07) is 0.736. The Morgan fingerprint density at radius 3 is 2.88 bits per heavy atom. The third kappa shape index (κ3) is 4.15. The van der Waals surface area contributed by atoms with Crippen LogP contribution >= 0.6 is 11.3 Å². The summed E-state index contributed by atoms with van der Waals surface area (Å²) in [5.41, 5.74) is 0. The second-order valence-electron chi connectivity index (χ2n) is 4.11. The lowest BCUT2D eigenvalue weighted by molar-refractivity contribution is 0.138. The summed E-state index contributed by atoms with van der Waals surface area (Å²) in [5, 5.41) is 13.9. The molecule has 0 aromatic carbocycles. The van der Waals surface area contributed by atoms with E-state index in [1.54, 1.807) is 11.3 Å². The molecule has 0 spiro atoms. The summed E-state index contributed by atoms with van der Waals surface area (Å²) in [7, 11) is 0. The lowest BCUT2D eigenvalue weighted by Gasteiger charge is -1.98. The zero-order valence-electron chi connectivity index (χ0n) is 9.74. The molecule has 2 rings (SSSR count). The molecule has 0 radical (unpaired) electrons. The number of rotatable bonds is 8. The zero-order chi connectivity index (χ0) is 11.2. The van der Waals surface area contributed by atoms with Gasteiger partial charge < -0.3 is 10.1 Å². The highest BCUT2D eigenvalue weighted by molar-refractivity contribution is 7.11. The Bertz CT molecular complexity index is 312. The molecule has 0 atom stereocenters. The lowest BCUT2D eigenvalue weighted by atomic mass is 10.5. The number of hydrogen-bond acceptors (Lipinski definition) is 5. The molecule has 1 N–H and O–H groups in total. The summed E-state index contributed by atoms with van der Waals surface area (Å²) in [5.74, 6) is 0. The summed E-state index contributed by atoms with van der Waals surface area (Å²) in [4.78, 5) is 0. The van der Waals surface area contributed by atoms with Gasteiger partial charge in [-0.1, -0.05) is 6.92 Å². The van der Waals surface area contributed by atoms with Crippen molar-refractivity contribution in [1.29, 1.82) is 0 Å². The Morgan fingerprint density at radius 2 is 2.12 bits per heavy atom. The Kier molecular flexibility index (Phi) is 4.69. The van der Waals surface area contributed by atoms with Crippen LogP contribution in [0.15, 0.2) is 0 Å². The van der Waals surface area contributed by atoms with Gasteiger partial charge in [0, 0.05) is 25.6 Å². The molecule has 0 aliphatic heterocycles. The zero-order valence-corrected chi connectivity index (χ0v) is 10.6. The third-order valence-corrected chi connectivity index (χ3v) is 3.42. The fraction of sp³-hybridized carbons (Fsp3) is 0.818. The van der Waals surface area contributed by atoms with E-state index in [0.717, 1.165) is 48.7 Å². The molecule has 1 saturated carbocycles. The van der Waals surface area contributed by atoms with Crippen molar-refractivity contribution < 1.29 is 4.74 Å². The first kappa shape index (κ1) is 12.0. The van der Waals surface area contributed by atoms with Gasteiger partial charge in [-0.25, -0.2) is 0 Å². The standard InChI is InChI=1S/C11H19N3OS/c1-2-6-15-7-5-10-13-14-11(16-10)8-12-9-3-4-9/h9,12H,2-8H2,1H3. The first-order valence-corrected chi connectivity index (χ1v) is 6.82. The van der Waals surface area contributed by atoms with Crippen molar-refractivity contribution in [2.24, 2.45) is 0 Å². The van der Waals surface area contributed by atoms with E-state index >= 15 is 0 Å². The predicted molar refractivity (Wildman–Crippen MR) is 64.6 cm³/mol. The second kappa shape index (κ2) is 6.27. The van der Waals surface area contributed by atoms with E-state index in [2.05, 4.69) is 22.4 Å². The summed E-state index contributed by atoms with van der Waals surface area (Å²) in [6.45, 7) is 4.60. The van der Waals surface area contributed by atoms with E-state index < -0.39 is 0 Å². The van der Waals surface area contributed by atoms with Gasteiger partial charge >= 0.3 is 0 Å². The van der Waals surface area contributed by atoms with Crippen molar-refractivity contribution in [3.05, 3.63) is 10.0 Å². The minimum atomic E-state index is 0.736. The van der Waals surface area contributed by atoms with Gasteiger partial charge in [-0.3, -0.25) is 0 Å². The molecule has 0 unspecified atom stereocenters. The molecule has 1 aliphatic carbocycles. The number of hydrogen-bond donors (Lipinski definition) is 1. The van der Waals surface area contributed by atoms with Crippen molar-refractivity contribution in [2.75, 3.05) is 13.2 Å². The molecule has 1 aliphatic rings. The molecule has 5 heteroatoms. The van der Waals surface area contributed by atoms with Crippen molar-refractivity contribution in [2.45, 2.75) is 45.2 Å². The molecular formula is C11H19N3OS. The maximum atomic E-state index is 5.43. The van der Waals surface area contributed by atoms with Crippen molar-refractivity contribution in [1.82, 2.24) is 15.5 Å². The van der Waals surface area contributed by atoms with Crippen LogP contribution in [0.25, 0.3) is 0 Å². The van der Waals surface area contributed by atoms with E-state index in [9.17, 15) is 0 Å². The van der Waals surface area contributed by atoms with Gasteiger partial charge in [-0.15, -0.1) is 21.5 Å². The van der Waals surface area contributed by atoms with Crippen LogP contribution in [0.5, 0.6) is 0 Å². The van der Waals surface area contributed by atoms with Gasteiger partial charge in [0.15, 0.2) is 0 Å². The van der Waals surface area contributed by atoms with Crippen LogP contribution in [-0.2, 0) is 17.7 Å². The van der Waals surface area contributed by atoms with Crippen LogP contribution in [0.3, 0.4) is 0 Å². The van der Waals surface area contributed by atoms with Crippen LogP contribution in [0, 0.1) is 0 Å². The molecule has 1 fully saturated rings. The normalized spacial score (nSPS) is 15.6. The number of nitrogens with zero attached hydrogens (tertiary/aromatic N) is 2. The molecule has 1 heterocycles. The smallest absolute Gasteiger partial charge is 0.131 e. The van der Waals surface area contributed by atoms with Crippen LogP contribution in [0.4, 0.5) is 0 Å². The highest BCUT2D eigenvalue weighted by Crippen LogP contribution is 2.20. The fourth-order valence-corrected chi connectivity index (χ4v) is 2.16. The third-order valence-electron chi connectivity index (χ3n) is 2.44. The number of ether oxygens (including phenoxy) is 1. The van der Waals surface area contributed by atoms with Gasteiger partial charge in [0.1, 0.15) is 10.0 Å². The average molecular weight is 241 g/mol. The summed E-state index contributed by atoms with van der Waals surface area (Å²) >= 11 is 1.70. The topological polar surface area (TPSA) is 47.0 Å². The Labute approximate surface area is 100 Å². The molecule has 1 aromatic rings. The van der Waals surface area contributed by atoms with Crippen LogP contribution in [-0.4, -0.2) is 29.5 Å². The van der Waals surface area contributed by atoms with E-state index in [-0.39, 0.29) is 0 Å². The predicted octanol–water partition coefficient (Wildman–Crippen LogP) is 1.76. The SMILES string of the molecule is CCCOCCc1nnc(CNC2CC2)s1. The van der Waals surface area contributed by atoms with Gasteiger partial charge in [0.25, 0.3) is 0 Å². The molecule has 90 valence electrons. The van der Waals surface area contributed by atoms with E-state index in [1.165, 1.54) is 12.8 Å². The average Bonchev–Trinajstić information content (AvgIpc) is 3.02. The number of nitrogens with one attached hydrogen (secondary N) is 1. The van der Waals surface area contributed by atoms with Crippen molar-refractivity contribution >= 4 is 11.3 Å².